The molecule has 0 aromatic heterocycles. The Bertz CT molecular complexity index is 365. The minimum atomic E-state index is -0.274. The molecule has 0 aliphatic heterocycles. The molecule has 0 saturated carbocycles. The molecule has 0 bridgehead atoms. The number of nitrogens with one attached hydrogen (secondary N) is 1. The maximum Gasteiger partial charge on any atom is 0.234 e. The summed E-state index contributed by atoms with van der Waals surface area (Å²) in [6, 6.07) is 8.08. The Morgan fingerprint density at radius 3 is 2.35 bits per heavy atom. The number of hydrogen-bond donors (Lipinski definition) is 2. The van der Waals surface area contributed by atoms with E-state index in [1.54, 1.807) is 0 Å². The van der Waals surface area contributed by atoms with E-state index in [2.05, 4.69) is 21.2 Å². The molecule has 0 aliphatic rings. The average Bonchev–Trinajstić information content (AvgIpc) is 2.20. The van der Waals surface area contributed by atoms with E-state index in [0.717, 1.165) is 10.9 Å². The lowest BCUT2D eigenvalue weighted by molar-refractivity contribution is -0.121. The van der Waals surface area contributed by atoms with Crippen LogP contribution in [-0.2, 0) is 11.2 Å². The zero-order valence-corrected chi connectivity index (χ0v) is 12.4. The summed E-state index contributed by atoms with van der Waals surface area (Å²) in [4.78, 5) is 11.2. The SMILES string of the molecule is CC(C)(Cc1ccc(Br)cc1)NC(=O)CN.Cl. The summed E-state index contributed by atoms with van der Waals surface area (Å²) in [7, 11) is 0. The standard InChI is InChI=1S/C12H17BrN2O.ClH/c1-12(2,15-11(16)8-14)7-9-3-5-10(13)6-4-9;/h3-6H,7-8,14H2,1-2H3,(H,15,16);1H. The van der Waals surface area contributed by atoms with Gasteiger partial charge in [-0.05, 0) is 38.0 Å². The van der Waals surface area contributed by atoms with Gasteiger partial charge in [-0.25, -0.2) is 0 Å². The summed E-state index contributed by atoms with van der Waals surface area (Å²) >= 11 is 3.39. The highest BCUT2D eigenvalue weighted by atomic mass is 79.9. The van der Waals surface area contributed by atoms with E-state index < -0.39 is 0 Å². The van der Waals surface area contributed by atoms with Crippen LogP contribution < -0.4 is 11.1 Å². The number of nitrogens with two attached hydrogens (primary N) is 1. The molecule has 0 atom stereocenters. The molecule has 0 unspecified atom stereocenters. The van der Waals surface area contributed by atoms with Crippen molar-refractivity contribution in [3.05, 3.63) is 34.3 Å². The number of rotatable bonds is 4. The molecule has 0 spiro atoms. The lowest BCUT2D eigenvalue weighted by Crippen LogP contribution is -2.47. The first-order chi connectivity index (χ1) is 7.43. The van der Waals surface area contributed by atoms with Gasteiger partial charge in [0.05, 0.1) is 6.54 Å². The van der Waals surface area contributed by atoms with E-state index in [-0.39, 0.29) is 30.4 Å². The number of carbonyl (C=O) groups is 1. The molecule has 0 saturated heterocycles. The van der Waals surface area contributed by atoms with Crippen LogP contribution in [0.5, 0.6) is 0 Å². The Morgan fingerprint density at radius 1 is 1.35 bits per heavy atom. The Morgan fingerprint density at radius 2 is 1.88 bits per heavy atom. The Hall–Kier alpha value is -0.580. The van der Waals surface area contributed by atoms with Gasteiger partial charge in [-0.3, -0.25) is 4.79 Å². The fourth-order valence-corrected chi connectivity index (χ4v) is 1.85. The Kier molecular flexibility index (Phi) is 6.75. The van der Waals surface area contributed by atoms with Gasteiger partial charge in [0.2, 0.25) is 5.91 Å². The summed E-state index contributed by atoms with van der Waals surface area (Å²) in [6.07, 6.45) is 0.784. The lowest BCUT2D eigenvalue weighted by Gasteiger charge is -2.26. The van der Waals surface area contributed by atoms with Crippen molar-refractivity contribution in [2.75, 3.05) is 6.54 Å². The molecule has 0 radical (unpaired) electrons. The van der Waals surface area contributed by atoms with Gasteiger partial charge >= 0.3 is 0 Å². The fourth-order valence-electron chi connectivity index (χ4n) is 1.59. The monoisotopic (exact) mass is 320 g/mol. The van der Waals surface area contributed by atoms with Crippen molar-refractivity contribution in [3.8, 4) is 0 Å². The van der Waals surface area contributed by atoms with Gasteiger partial charge in [0, 0.05) is 10.0 Å². The van der Waals surface area contributed by atoms with E-state index in [9.17, 15) is 4.79 Å². The predicted octanol–water partition coefficient (Wildman–Crippen LogP) is 2.27. The van der Waals surface area contributed by atoms with E-state index in [1.807, 2.05) is 38.1 Å². The van der Waals surface area contributed by atoms with E-state index >= 15 is 0 Å². The van der Waals surface area contributed by atoms with Crippen molar-refractivity contribution in [2.45, 2.75) is 25.8 Å². The van der Waals surface area contributed by atoms with Crippen LogP contribution in [-0.4, -0.2) is 18.0 Å². The quantitative estimate of drug-likeness (QED) is 0.894. The highest BCUT2D eigenvalue weighted by Gasteiger charge is 2.19. The summed E-state index contributed by atoms with van der Waals surface area (Å²) in [5.41, 5.74) is 6.19. The smallest absolute Gasteiger partial charge is 0.234 e. The number of amides is 1. The van der Waals surface area contributed by atoms with Crippen LogP contribution in [0.4, 0.5) is 0 Å². The molecule has 1 rings (SSSR count). The maximum atomic E-state index is 11.2. The van der Waals surface area contributed by atoms with Crippen LogP contribution >= 0.6 is 28.3 Å². The molecule has 0 heterocycles. The zero-order valence-electron chi connectivity index (χ0n) is 10.00. The minimum absolute atomic E-state index is 0. The molecular formula is C12H18BrClN2O. The van der Waals surface area contributed by atoms with Crippen LogP contribution in [0.1, 0.15) is 19.4 Å². The Labute approximate surface area is 117 Å². The van der Waals surface area contributed by atoms with E-state index in [1.165, 1.54) is 5.56 Å². The van der Waals surface area contributed by atoms with Crippen molar-refractivity contribution in [1.29, 1.82) is 0 Å². The van der Waals surface area contributed by atoms with Crippen molar-refractivity contribution in [3.63, 3.8) is 0 Å². The number of benzene rings is 1. The molecule has 0 aliphatic carbocycles. The minimum Gasteiger partial charge on any atom is -0.350 e. The van der Waals surface area contributed by atoms with Gasteiger partial charge in [0.1, 0.15) is 0 Å². The van der Waals surface area contributed by atoms with E-state index in [0.29, 0.717) is 0 Å². The maximum absolute atomic E-state index is 11.2. The highest BCUT2D eigenvalue weighted by molar-refractivity contribution is 9.10. The molecule has 1 aromatic carbocycles. The lowest BCUT2D eigenvalue weighted by atomic mass is 9.95. The van der Waals surface area contributed by atoms with Crippen LogP contribution in [0.2, 0.25) is 0 Å². The van der Waals surface area contributed by atoms with Gasteiger partial charge in [-0.2, -0.15) is 0 Å². The molecule has 5 heteroatoms. The summed E-state index contributed by atoms with van der Waals surface area (Å²) in [5, 5.41) is 2.89. The van der Waals surface area contributed by atoms with Gasteiger partial charge in [-0.1, -0.05) is 28.1 Å². The summed E-state index contributed by atoms with van der Waals surface area (Å²) in [6.45, 7) is 4.01. The molecule has 17 heavy (non-hydrogen) atoms. The summed E-state index contributed by atoms with van der Waals surface area (Å²) in [5.74, 6) is -0.123. The second-order valence-corrected chi connectivity index (χ2v) is 5.36. The highest BCUT2D eigenvalue weighted by Crippen LogP contribution is 2.16. The first-order valence-corrected chi connectivity index (χ1v) is 5.98. The Balaban J connectivity index is 0.00000256. The average molecular weight is 322 g/mol. The molecule has 3 nitrogen and oxygen atoms in total. The molecular weight excluding hydrogens is 304 g/mol. The predicted molar refractivity (Wildman–Crippen MR) is 76.4 cm³/mol. The van der Waals surface area contributed by atoms with Gasteiger partial charge in [0.25, 0.3) is 0 Å². The fraction of sp³-hybridized carbons (Fsp3) is 0.417. The van der Waals surface area contributed by atoms with Gasteiger partial charge in [0.15, 0.2) is 0 Å². The van der Waals surface area contributed by atoms with E-state index in [4.69, 9.17) is 5.73 Å². The molecule has 96 valence electrons. The topological polar surface area (TPSA) is 55.1 Å². The van der Waals surface area contributed by atoms with Crippen LogP contribution in [0.15, 0.2) is 28.7 Å². The first kappa shape index (κ1) is 16.4. The van der Waals surface area contributed by atoms with Crippen LogP contribution in [0.25, 0.3) is 0 Å². The zero-order chi connectivity index (χ0) is 12.2. The number of carbonyl (C=O) groups excluding carboxylic acids is 1. The van der Waals surface area contributed by atoms with Crippen LogP contribution in [0.3, 0.4) is 0 Å². The van der Waals surface area contributed by atoms with Gasteiger partial charge < -0.3 is 11.1 Å². The van der Waals surface area contributed by atoms with Gasteiger partial charge in [-0.15, -0.1) is 12.4 Å². The molecule has 3 N–H and O–H groups in total. The third-order valence-electron chi connectivity index (χ3n) is 2.22. The second kappa shape index (κ2) is 6.99. The number of hydrogen-bond acceptors (Lipinski definition) is 2. The number of halogens is 2. The third-order valence-corrected chi connectivity index (χ3v) is 2.75. The van der Waals surface area contributed by atoms with Crippen molar-refractivity contribution >= 4 is 34.2 Å². The second-order valence-electron chi connectivity index (χ2n) is 4.44. The van der Waals surface area contributed by atoms with Crippen LogP contribution in [0, 0.1) is 0 Å². The summed E-state index contributed by atoms with van der Waals surface area (Å²) < 4.78 is 1.06. The van der Waals surface area contributed by atoms with Crippen molar-refractivity contribution in [1.82, 2.24) is 5.32 Å². The third kappa shape index (κ3) is 6.05. The normalized spacial score (nSPS) is 10.6. The van der Waals surface area contributed by atoms with Crippen molar-refractivity contribution in [2.24, 2.45) is 5.73 Å². The molecule has 0 fully saturated rings. The largest absolute Gasteiger partial charge is 0.350 e. The molecule has 1 aromatic rings. The molecule has 1 amide bonds. The van der Waals surface area contributed by atoms with Crippen molar-refractivity contribution < 1.29 is 4.79 Å². The first-order valence-electron chi connectivity index (χ1n) is 5.18.